The first-order valence-electron chi connectivity index (χ1n) is 7.84. The van der Waals surface area contributed by atoms with Gasteiger partial charge in [-0.05, 0) is 25.5 Å². The van der Waals surface area contributed by atoms with Crippen LogP contribution in [0.2, 0.25) is 0 Å². The lowest BCUT2D eigenvalue weighted by Gasteiger charge is -2.16. The number of anilines is 1. The highest BCUT2D eigenvalue weighted by Crippen LogP contribution is 2.29. The molecule has 152 valence electrons. The Bertz CT molecular complexity index is 768. The van der Waals surface area contributed by atoms with E-state index in [0.717, 1.165) is 16.4 Å². The second-order valence-corrected chi connectivity index (χ2v) is 7.69. The molecule has 0 saturated carbocycles. The van der Waals surface area contributed by atoms with E-state index in [-0.39, 0.29) is 31.0 Å². The molecule has 12 heteroatoms. The largest absolute Gasteiger partial charge is 0.573 e. The first kappa shape index (κ1) is 22.7. The van der Waals surface area contributed by atoms with Gasteiger partial charge in [-0.3, -0.25) is 9.59 Å². The minimum absolute atomic E-state index is 0.0104. The molecule has 1 aromatic carbocycles. The number of benzene rings is 1. The van der Waals surface area contributed by atoms with Crippen LogP contribution in [0, 0.1) is 0 Å². The lowest BCUT2D eigenvalue weighted by Crippen LogP contribution is -2.37. The molecule has 1 rings (SSSR count). The molecule has 0 heterocycles. The summed E-state index contributed by atoms with van der Waals surface area (Å²) in [6.45, 7) is 1.65. The van der Waals surface area contributed by atoms with Crippen molar-refractivity contribution in [1.29, 1.82) is 0 Å². The van der Waals surface area contributed by atoms with E-state index in [1.165, 1.54) is 26.1 Å². The molecule has 0 atom stereocenters. The summed E-state index contributed by atoms with van der Waals surface area (Å²) in [7, 11) is -1.95. The Kier molecular flexibility index (Phi) is 8.03. The number of carbonyl (C=O) groups is 2. The molecule has 2 amide bonds. The molecule has 0 aliphatic carbocycles. The fourth-order valence-electron chi connectivity index (χ4n) is 1.91. The van der Waals surface area contributed by atoms with Crippen molar-refractivity contribution in [3.8, 4) is 5.75 Å². The second kappa shape index (κ2) is 9.55. The van der Waals surface area contributed by atoms with Crippen LogP contribution >= 0.6 is 0 Å². The number of carbonyl (C=O) groups excluding carboxylic acids is 2. The molecule has 0 bridgehead atoms. The highest BCUT2D eigenvalue weighted by molar-refractivity contribution is 7.89. The van der Waals surface area contributed by atoms with Crippen LogP contribution in [0.1, 0.15) is 13.3 Å². The summed E-state index contributed by atoms with van der Waals surface area (Å²) in [4.78, 5) is 23.5. The zero-order valence-electron chi connectivity index (χ0n) is 14.7. The molecule has 0 spiro atoms. The fraction of sp³-hybridized carbons (Fsp3) is 0.467. The van der Waals surface area contributed by atoms with E-state index in [2.05, 4.69) is 10.1 Å². The number of alkyl halides is 3. The van der Waals surface area contributed by atoms with Gasteiger partial charge in [-0.15, -0.1) is 13.2 Å². The summed E-state index contributed by atoms with van der Waals surface area (Å²) >= 11 is 0. The highest BCUT2D eigenvalue weighted by atomic mass is 32.2. The predicted octanol–water partition coefficient (Wildman–Crippen LogP) is 1.31. The number of ether oxygens (including phenoxy) is 1. The number of rotatable bonds is 8. The minimum Gasteiger partial charge on any atom is -0.404 e. The number of amides is 2. The average Bonchev–Trinajstić information content (AvgIpc) is 2.58. The van der Waals surface area contributed by atoms with E-state index in [1.54, 1.807) is 0 Å². The molecular weight excluding hydrogens is 391 g/mol. The van der Waals surface area contributed by atoms with E-state index < -0.39 is 33.9 Å². The predicted molar refractivity (Wildman–Crippen MR) is 91.5 cm³/mol. The molecule has 0 fully saturated rings. The smallest absolute Gasteiger partial charge is 0.404 e. The van der Waals surface area contributed by atoms with Gasteiger partial charge in [0.25, 0.3) is 0 Å². The normalized spacial score (nSPS) is 11.9. The molecule has 0 aliphatic heterocycles. The number of hydrogen-bond donors (Lipinski definition) is 2. The number of halogens is 3. The number of nitrogens with one attached hydrogen (secondary N) is 2. The van der Waals surface area contributed by atoms with Crippen LogP contribution in [0.5, 0.6) is 5.75 Å². The molecular formula is C15H20F3N3O5S. The maximum absolute atomic E-state index is 12.3. The highest BCUT2D eigenvalue weighted by Gasteiger charge is 2.32. The first-order valence-corrected chi connectivity index (χ1v) is 9.45. The quantitative estimate of drug-likeness (QED) is 0.496. The zero-order valence-corrected chi connectivity index (χ0v) is 15.5. The zero-order chi connectivity index (χ0) is 20.7. The van der Waals surface area contributed by atoms with Gasteiger partial charge in [0.05, 0.1) is 11.4 Å². The van der Waals surface area contributed by atoms with Crippen LogP contribution in [0.25, 0.3) is 0 Å². The van der Waals surface area contributed by atoms with Crippen LogP contribution in [0.4, 0.5) is 18.9 Å². The van der Waals surface area contributed by atoms with Gasteiger partial charge in [-0.25, -0.2) is 12.7 Å². The fourth-order valence-corrected chi connectivity index (χ4v) is 2.75. The Morgan fingerprint density at radius 3 is 2.41 bits per heavy atom. The third-order valence-electron chi connectivity index (χ3n) is 3.34. The molecule has 2 N–H and O–H groups in total. The van der Waals surface area contributed by atoms with Gasteiger partial charge in [-0.1, -0.05) is 12.1 Å². The Morgan fingerprint density at radius 1 is 1.19 bits per heavy atom. The number of para-hydroxylation sites is 2. The van der Waals surface area contributed by atoms with Gasteiger partial charge in [0.1, 0.15) is 0 Å². The van der Waals surface area contributed by atoms with Gasteiger partial charge in [0.2, 0.25) is 10.0 Å². The van der Waals surface area contributed by atoms with Gasteiger partial charge >= 0.3 is 18.2 Å². The summed E-state index contributed by atoms with van der Waals surface area (Å²) < 4.78 is 65.0. The lowest BCUT2D eigenvalue weighted by atomic mass is 10.3. The van der Waals surface area contributed by atoms with Crippen molar-refractivity contribution in [2.24, 2.45) is 0 Å². The van der Waals surface area contributed by atoms with Crippen molar-refractivity contribution in [2.45, 2.75) is 19.7 Å². The summed E-state index contributed by atoms with van der Waals surface area (Å²) in [6, 6.07) is 4.78. The lowest BCUT2D eigenvalue weighted by molar-refractivity contribution is -0.274. The van der Waals surface area contributed by atoms with Crippen LogP contribution in [-0.4, -0.2) is 56.8 Å². The van der Waals surface area contributed by atoms with Gasteiger partial charge < -0.3 is 15.4 Å². The average molecular weight is 411 g/mol. The van der Waals surface area contributed by atoms with Crippen molar-refractivity contribution in [3.63, 3.8) is 0 Å². The maximum atomic E-state index is 12.3. The minimum atomic E-state index is -4.95. The number of nitrogens with zero attached hydrogens (tertiary/aromatic N) is 1. The van der Waals surface area contributed by atoms with Crippen molar-refractivity contribution in [2.75, 3.05) is 31.2 Å². The third kappa shape index (κ3) is 7.83. The number of hydrogen-bond acceptors (Lipinski definition) is 5. The van der Waals surface area contributed by atoms with Gasteiger partial charge in [0.15, 0.2) is 5.75 Å². The topological polar surface area (TPSA) is 105 Å². The van der Waals surface area contributed by atoms with E-state index in [1.807, 2.05) is 5.32 Å². The van der Waals surface area contributed by atoms with Crippen molar-refractivity contribution < 1.29 is 35.9 Å². The van der Waals surface area contributed by atoms with Crippen LogP contribution in [0.3, 0.4) is 0 Å². The summed E-state index contributed by atoms with van der Waals surface area (Å²) in [6.07, 6.45) is -4.70. The number of sulfonamides is 1. The van der Waals surface area contributed by atoms with E-state index in [0.29, 0.717) is 0 Å². The monoisotopic (exact) mass is 411 g/mol. The van der Waals surface area contributed by atoms with Gasteiger partial charge in [0, 0.05) is 20.1 Å². The van der Waals surface area contributed by atoms with E-state index in [9.17, 15) is 31.2 Å². The molecule has 0 unspecified atom stereocenters. The Morgan fingerprint density at radius 2 is 1.81 bits per heavy atom. The molecule has 27 heavy (non-hydrogen) atoms. The van der Waals surface area contributed by atoms with E-state index >= 15 is 0 Å². The van der Waals surface area contributed by atoms with Crippen LogP contribution in [-0.2, 0) is 19.6 Å². The van der Waals surface area contributed by atoms with Crippen LogP contribution < -0.4 is 15.4 Å². The van der Waals surface area contributed by atoms with E-state index in [4.69, 9.17) is 0 Å². The SMILES string of the molecule is CCS(=O)(=O)N(C)CCCNC(=O)C(=O)Nc1ccccc1OC(F)(F)F. The molecule has 0 radical (unpaired) electrons. The summed E-state index contributed by atoms with van der Waals surface area (Å²) in [5.74, 6) is -2.96. The maximum Gasteiger partial charge on any atom is 0.573 e. The standard InChI is InChI=1S/C15H20F3N3O5S/c1-3-27(24,25)21(2)10-6-9-19-13(22)14(23)20-11-7-4-5-8-12(11)26-15(16,17)18/h4-5,7-8H,3,6,9-10H2,1-2H3,(H,19,22)(H,20,23). The third-order valence-corrected chi connectivity index (χ3v) is 5.20. The molecule has 0 aromatic heterocycles. The molecule has 1 aromatic rings. The first-order chi connectivity index (χ1) is 12.5. The van der Waals surface area contributed by atoms with Gasteiger partial charge in [-0.2, -0.15) is 0 Å². The Labute approximate surface area is 154 Å². The molecule has 8 nitrogen and oxygen atoms in total. The van der Waals surface area contributed by atoms with Crippen molar-refractivity contribution >= 4 is 27.5 Å². The Hall–Kier alpha value is -2.34. The molecule has 0 aliphatic rings. The Balaban J connectivity index is 2.53. The second-order valence-electron chi connectivity index (χ2n) is 5.33. The molecule has 0 saturated heterocycles. The van der Waals surface area contributed by atoms with Crippen LogP contribution in [0.15, 0.2) is 24.3 Å². The van der Waals surface area contributed by atoms with Crippen molar-refractivity contribution in [3.05, 3.63) is 24.3 Å². The van der Waals surface area contributed by atoms with Crippen molar-refractivity contribution in [1.82, 2.24) is 9.62 Å². The summed E-state index contributed by atoms with van der Waals surface area (Å²) in [5.41, 5.74) is -0.316. The summed E-state index contributed by atoms with van der Waals surface area (Å²) in [5, 5.41) is 4.29.